The third kappa shape index (κ3) is 3.73. The van der Waals surface area contributed by atoms with Crippen molar-refractivity contribution in [3.05, 3.63) is 29.8 Å². The van der Waals surface area contributed by atoms with Crippen molar-refractivity contribution < 1.29 is 14.3 Å². The summed E-state index contributed by atoms with van der Waals surface area (Å²) in [5.41, 5.74) is 2.19. The summed E-state index contributed by atoms with van der Waals surface area (Å²) in [6.45, 7) is 3.60. The van der Waals surface area contributed by atoms with Crippen LogP contribution in [0.3, 0.4) is 0 Å². The predicted octanol–water partition coefficient (Wildman–Crippen LogP) is 2.38. The van der Waals surface area contributed by atoms with Gasteiger partial charge in [-0.05, 0) is 42.6 Å². The van der Waals surface area contributed by atoms with E-state index in [2.05, 4.69) is 4.90 Å². The van der Waals surface area contributed by atoms with Crippen molar-refractivity contribution in [1.29, 1.82) is 0 Å². The summed E-state index contributed by atoms with van der Waals surface area (Å²) in [5, 5.41) is -0.257. The Kier molecular flexibility index (Phi) is 5.01. The number of ether oxygens (including phenoxy) is 1. The quantitative estimate of drug-likeness (QED) is 0.597. The molecule has 1 aromatic rings. The maximum Gasteiger partial charge on any atom is 0.306 e. The van der Waals surface area contributed by atoms with Crippen LogP contribution in [0.5, 0.6) is 0 Å². The molecule has 0 unspecified atom stereocenters. The smallest absolute Gasteiger partial charge is 0.306 e. The Morgan fingerprint density at radius 3 is 2.50 bits per heavy atom. The lowest BCUT2D eigenvalue weighted by Crippen LogP contribution is -2.49. The lowest BCUT2D eigenvalue weighted by molar-refractivity contribution is -0.143. The Balaban J connectivity index is 1.82. The molecule has 1 aromatic carbocycles. The molecule has 0 aliphatic carbocycles. The summed E-state index contributed by atoms with van der Waals surface area (Å²) < 4.78 is 4.89. The van der Waals surface area contributed by atoms with Crippen LogP contribution in [-0.2, 0) is 20.7 Å². The Labute approximate surface area is 123 Å². The number of nitrogens with zero attached hydrogens (tertiary/aromatic N) is 1. The van der Waals surface area contributed by atoms with Crippen LogP contribution in [0.1, 0.15) is 18.9 Å². The summed E-state index contributed by atoms with van der Waals surface area (Å²) >= 11 is 5.44. The number of hydrogen-bond donors (Lipinski definition) is 0. The van der Waals surface area contributed by atoms with Gasteiger partial charge in [0.25, 0.3) is 0 Å². The van der Waals surface area contributed by atoms with Crippen molar-refractivity contribution in [3.8, 4) is 0 Å². The minimum atomic E-state index is -0.257. The predicted molar refractivity (Wildman–Crippen MR) is 78.0 cm³/mol. The van der Waals surface area contributed by atoms with E-state index in [4.69, 9.17) is 16.3 Å². The molecule has 5 heteroatoms. The second kappa shape index (κ2) is 6.75. The van der Waals surface area contributed by atoms with E-state index >= 15 is 0 Å². The fourth-order valence-electron chi connectivity index (χ4n) is 2.19. The number of hydrogen-bond acceptors (Lipinski definition) is 4. The molecule has 0 spiro atoms. The van der Waals surface area contributed by atoms with Crippen LogP contribution in [-0.4, -0.2) is 30.9 Å². The fraction of sp³-hybridized carbons (Fsp3) is 0.467. The Bertz CT molecular complexity index is 480. The van der Waals surface area contributed by atoms with Gasteiger partial charge < -0.3 is 9.64 Å². The summed E-state index contributed by atoms with van der Waals surface area (Å²) in [4.78, 5) is 24.3. The molecular formula is C15H18ClNO3. The molecule has 4 nitrogen and oxygen atoms in total. The van der Waals surface area contributed by atoms with Crippen LogP contribution in [0.25, 0.3) is 0 Å². The van der Waals surface area contributed by atoms with Gasteiger partial charge >= 0.3 is 5.97 Å². The Morgan fingerprint density at radius 2 is 1.95 bits per heavy atom. The van der Waals surface area contributed by atoms with Gasteiger partial charge in [-0.2, -0.15) is 0 Å². The summed E-state index contributed by atoms with van der Waals surface area (Å²) in [6, 6.07) is 8.03. The van der Waals surface area contributed by atoms with Gasteiger partial charge in [0.1, 0.15) is 0 Å². The molecule has 1 aliphatic heterocycles. The van der Waals surface area contributed by atoms with Gasteiger partial charge in [0.2, 0.25) is 5.24 Å². The van der Waals surface area contributed by atoms with Crippen LogP contribution in [0, 0.1) is 5.92 Å². The first-order chi connectivity index (χ1) is 9.60. The van der Waals surface area contributed by atoms with Gasteiger partial charge in [-0.25, -0.2) is 0 Å². The van der Waals surface area contributed by atoms with E-state index in [1.165, 1.54) is 0 Å². The SMILES string of the molecule is CCOC(=O)CCc1ccc(N2CC(C(=O)Cl)C2)cc1. The van der Waals surface area contributed by atoms with Gasteiger partial charge in [-0.3, -0.25) is 9.59 Å². The molecule has 1 fully saturated rings. The van der Waals surface area contributed by atoms with Crippen molar-refractivity contribution in [2.24, 2.45) is 5.92 Å². The third-order valence-corrected chi connectivity index (χ3v) is 3.74. The van der Waals surface area contributed by atoms with Crippen LogP contribution < -0.4 is 4.90 Å². The second-order valence-corrected chi connectivity index (χ2v) is 5.25. The van der Waals surface area contributed by atoms with Crippen molar-refractivity contribution in [2.75, 3.05) is 24.6 Å². The van der Waals surface area contributed by atoms with Crippen molar-refractivity contribution in [3.63, 3.8) is 0 Å². The fourth-order valence-corrected chi connectivity index (χ4v) is 2.32. The number of carbonyl (C=O) groups is 2. The topological polar surface area (TPSA) is 46.6 Å². The first-order valence-electron chi connectivity index (χ1n) is 6.79. The molecule has 1 saturated heterocycles. The zero-order valence-electron chi connectivity index (χ0n) is 11.5. The van der Waals surface area contributed by atoms with E-state index in [0.29, 0.717) is 32.5 Å². The highest BCUT2D eigenvalue weighted by atomic mass is 35.5. The standard InChI is InChI=1S/C15H18ClNO3/c1-2-20-14(18)8-5-11-3-6-13(7-4-11)17-9-12(10-17)15(16)19/h3-4,6-7,12H,2,5,8-10H2,1H3. The van der Waals surface area contributed by atoms with Crippen molar-refractivity contribution >= 4 is 28.5 Å². The molecule has 1 aliphatic rings. The lowest BCUT2D eigenvalue weighted by Gasteiger charge is -2.39. The normalized spacial score (nSPS) is 14.8. The number of aryl methyl sites for hydroxylation is 1. The van der Waals surface area contributed by atoms with Crippen LogP contribution >= 0.6 is 11.6 Å². The number of benzene rings is 1. The molecule has 1 heterocycles. The number of carbonyl (C=O) groups excluding carboxylic acids is 2. The van der Waals surface area contributed by atoms with Crippen molar-refractivity contribution in [1.82, 2.24) is 0 Å². The van der Waals surface area contributed by atoms with Gasteiger partial charge in [0.05, 0.1) is 12.5 Å². The van der Waals surface area contributed by atoms with Gasteiger partial charge in [-0.15, -0.1) is 0 Å². The molecule has 0 aromatic heterocycles. The lowest BCUT2D eigenvalue weighted by atomic mass is 10.00. The highest BCUT2D eigenvalue weighted by molar-refractivity contribution is 6.64. The number of halogens is 1. The van der Waals surface area contributed by atoms with Gasteiger partial charge in [0, 0.05) is 25.2 Å². The van der Waals surface area contributed by atoms with Crippen molar-refractivity contribution in [2.45, 2.75) is 19.8 Å². The van der Waals surface area contributed by atoms with Gasteiger partial charge in [0.15, 0.2) is 0 Å². The summed E-state index contributed by atoms with van der Waals surface area (Å²) in [7, 11) is 0. The molecule has 0 bridgehead atoms. The Hall–Kier alpha value is -1.55. The molecule has 108 valence electrons. The third-order valence-electron chi connectivity index (χ3n) is 3.43. The van der Waals surface area contributed by atoms with E-state index in [0.717, 1.165) is 11.3 Å². The maximum atomic E-state index is 11.3. The first-order valence-corrected chi connectivity index (χ1v) is 7.16. The largest absolute Gasteiger partial charge is 0.466 e. The van der Waals surface area contributed by atoms with E-state index in [1.54, 1.807) is 6.92 Å². The zero-order valence-corrected chi connectivity index (χ0v) is 12.2. The second-order valence-electron chi connectivity index (χ2n) is 4.88. The van der Waals surface area contributed by atoms with Gasteiger partial charge in [-0.1, -0.05) is 12.1 Å². The maximum absolute atomic E-state index is 11.3. The minimum Gasteiger partial charge on any atom is -0.466 e. The first kappa shape index (κ1) is 14.9. The molecular weight excluding hydrogens is 278 g/mol. The molecule has 20 heavy (non-hydrogen) atoms. The summed E-state index contributed by atoms with van der Waals surface area (Å²) in [6.07, 6.45) is 1.08. The highest BCUT2D eigenvalue weighted by Gasteiger charge is 2.31. The van der Waals surface area contributed by atoms with E-state index < -0.39 is 0 Å². The highest BCUT2D eigenvalue weighted by Crippen LogP contribution is 2.26. The van der Waals surface area contributed by atoms with E-state index in [1.807, 2.05) is 24.3 Å². The monoisotopic (exact) mass is 295 g/mol. The number of esters is 1. The van der Waals surface area contributed by atoms with Crippen LogP contribution in [0.15, 0.2) is 24.3 Å². The molecule has 0 N–H and O–H groups in total. The van der Waals surface area contributed by atoms with Crippen LogP contribution in [0.2, 0.25) is 0 Å². The number of anilines is 1. The average Bonchev–Trinajstić information content (AvgIpc) is 2.36. The van der Waals surface area contributed by atoms with E-state index in [9.17, 15) is 9.59 Å². The van der Waals surface area contributed by atoms with Crippen LogP contribution in [0.4, 0.5) is 5.69 Å². The Morgan fingerprint density at radius 1 is 1.30 bits per heavy atom. The van der Waals surface area contributed by atoms with E-state index in [-0.39, 0.29) is 17.1 Å². The molecule has 0 amide bonds. The minimum absolute atomic E-state index is 0.0415. The summed E-state index contributed by atoms with van der Waals surface area (Å²) in [5.74, 6) is -0.206. The molecule has 0 radical (unpaired) electrons. The average molecular weight is 296 g/mol. The number of rotatable bonds is 6. The molecule has 0 atom stereocenters. The zero-order chi connectivity index (χ0) is 14.5. The molecule has 2 rings (SSSR count). The molecule has 0 saturated carbocycles.